The summed E-state index contributed by atoms with van der Waals surface area (Å²) in [4.78, 5) is 68.9. The van der Waals surface area contributed by atoms with Gasteiger partial charge in [0.2, 0.25) is 11.4 Å². The molecule has 5 N–H and O–H groups in total. The molecule has 0 radical (unpaired) electrons. The number of phenols is 3. The summed E-state index contributed by atoms with van der Waals surface area (Å²) < 4.78 is 6.99. The molecule has 33 heteroatoms. The Morgan fingerprint density at radius 3 is 0.863 bits per heavy atom. The lowest BCUT2D eigenvalue weighted by molar-refractivity contribution is -0.601. The maximum absolute atomic E-state index is 11.4. The third-order valence-corrected chi connectivity index (χ3v) is 17.5. The highest BCUT2D eigenvalue weighted by atomic mass is 35.5. The van der Waals surface area contributed by atoms with Gasteiger partial charge < -0.3 is 70.7 Å². The number of nitro groups is 6. The van der Waals surface area contributed by atoms with Crippen molar-refractivity contribution in [1.29, 1.82) is 0 Å². The van der Waals surface area contributed by atoms with Crippen LogP contribution in [-0.2, 0) is 0 Å². The first-order chi connectivity index (χ1) is 54.6. The van der Waals surface area contributed by atoms with E-state index in [0.717, 1.165) is 97.3 Å². The second-order valence-corrected chi connectivity index (χ2v) is 24.7. The van der Waals surface area contributed by atoms with Gasteiger partial charge in [-0.1, -0.05) is 103 Å². The molecule has 0 saturated heterocycles. The Morgan fingerprint density at radius 2 is 0.556 bits per heavy atom. The molecule has 0 aliphatic heterocycles. The van der Waals surface area contributed by atoms with Gasteiger partial charge in [0, 0.05) is 150 Å². The van der Waals surface area contributed by atoms with E-state index in [-0.39, 0.29) is 89.0 Å². The fraction of sp³-hybridized carbons (Fsp3) is 0. The lowest BCUT2D eigenvalue weighted by Gasteiger charge is -2.06. The number of nitrogens with two attached hydrogens (primary N) is 1. The number of benzene rings is 9. The number of non-ortho nitro benzene ring substituents is 3. The summed E-state index contributed by atoms with van der Waals surface area (Å²) >= 11 is 5.43. The molecule has 0 atom stereocenters. The van der Waals surface area contributed by atoms with Gasteiger partial charge in [-0.25, -0.2) is 0 Å². The number of rotatable bonds is 16. The van der Waals surface area contributed by atoms with Gasteiger partial charge in [-0.15, -0.1) is 0 Å². The largest absolute Gasteiger partial charge is 1.00 e. The van der Waals surface area contributed by atoms with Crippen molar-refractivity contribution >= 4 is 51.4 Å². The minimum atomic E-state index is -0.769. The molecule has 28 nitrogen and oxygen atoms in total. The number of aromatic nitrogens is 6. The zero-order chi connectivity index (χ0) is 80.1. The average Bonchev–Trinajstić information content (AvgIpc) is 0.829. The fourth-order valence-electron chi connectivity index (χ4n) is 11.4. The van der Waals surface area contributed by atoms with E-state index in [1.807, 2.05) is 173 Å². The van der Waals surface area contributed by atoms with E-state index < -0.39 is 58.0 Å². The minimum Gasteiger partial charge on any atom is -1.00 e. The Bertz CT molecular complexity index is 5670. The van der Waals surface area contributed by atoms with Crippen molar-refractivity contribution in [3.05, 3.63) is 413 Å². The lowest BCUT2D eigenvalue weighted by atomic mass is 10.0. The fourth-order valence-corrected chi connectivity index (χ4v) is 11.6. The van der Waals surface area contributed by atoms with Crippen LogP contribution in [0, 0.1) is 60.7 Å². The van der Waals surface area contributed by atoms with Crippen molar-refractivity contribution < 1.29 is 113 Å². The number of pyridine rings is 6. The van der Waals surface area contributed by atoms with Crippen LogP contribution in [0.25, 0.3) is 89.5 Å². The number of aromatic hydroxyl groups is 3. The van der Waals surface area contributed by atoms with Gasteiger partial charge in [0.15, 0.2) is 49.6 Å². The number of hydrogen-bond donors (Lipinski definition) is 4. The van der Waals surface area contributed by atoms with Gasteiger partial charge in [0.1, 0.15) is 34.4 Å². The Hall–Kier alpha value is -15.1. The molecule has 0 aliphatic carbocycles. The molecule has 0 unspecified atom stereocenters. The van der Waals surface area contributed by atoms with Crippen molar-refractivity contribution in [3.8, 4) is 107 Å². The van der Waals surface area contributed by atoms with Gasteiger partial charge in [0.25, 0.3) is 34.1 Å². The number of anilines is 1. The van der Waals surface area contributed by atoms with Gasteiger partial charge >= 0.3 is 11.4 Å². The summed E-state index contributed by atoms with van der Waals surface area (Å²) in [6, 6.07) is 78.6. The molecule has 117 heavy (non-hydrogen) atoms. The van der Waals surface area contributed by atoms with E-state index in [1.54, 1.807) is 104 Å². The highest BCUT2D eigenvalue weighted by Crippen LogP contribution is 2.35. The zero-order valence-corrected chi connectivity index (χ0v) is 64.3. The smallest absolute Gasteiger partial charge is 0.347 e. The molecule has 15 rings (SSSR count). The number of nitrogen functional groups attached to an aromatic ring is 1. The third kappa shape index (κ3) is 23.1. The Labute approximate surface area is 695 Å². The van der Waals surface area contributed by atoms with Crippen molar-refractivity contribution in [2.45, 2.75) is 0 Å². The van der Waals surface area contributed by atoms with Crippen molar-refractivity contribution in [3.63, 3.8) is 0 Å². The predicted octanol–water partition coefficient (Wildman–Crippen LogP) is 5.15. The molecule has 0 aliphatic rings. The number of nitrogens with zero attached hydrogens (tertiary/aromatic N) is 12. The monoisotopic (exact) mass is 1670 g/mol. The van der Waals surface area contributed by atoms with E-state index in [0.29, 0.717) is 5.69 Å². The number of halogens is 5. The topological polar surface area (TPSA) is 387 Å². The molecular weight excluding hydrogens is 1610 g/mol. The van der Waals surface area contributed by atoms with Crippen LogP contribution in [0.5, 0.6) is 17.2 Å². The maximum atomic E-state index is 11.4. The third-order valence-electron chi connectivity index (χ3n) is 17.1. The maximum Gasteiger partial charge on any atom is 0.347 e. The normalized spacial score (nSPS) is 10.0. The van der Waals surface area contributed by atoms with E-state index in [9.17, 15) is 76.0 Å². The van der Waals surface area contributed by atoms with Crippen LogP contribution in [0.4, 0.5) is 39.8 Å². The summed E-state index contributed by atoms with van der Waals surface area (Å²) in [5.74, 6) is 0.781. The quantitative estimate of drug-likeness (QED) is 0.0319. The first-order valence-corrected chi connectivity index (χ1v) is 34.2. The minimum absolute atomic E-state index is 0. The van der Waals surface area contributed by atoms with E-state index in [2.05, 4.69) is 34.2 Å². The molecule has 588 valence electrons. The van der Waals surface area contributed by atoms with Crippen LogP contribution in [0.2, 0.25) is 5.02 Å². The number of nitro benzene ring substituents is 6. The highest BCUT2D eigenvalue weighted by molar-refractivity contribution is 6.32. The Morgan fingerprint density at radius 1 is 0.282 bits per heavy atom. The second-order valence-electron chi connectivity index (χ2n) is 24.3. The van der Waals surface area contributed by atoms with Crippen molar-refractivity contribution in [2.75, 3.05) is 5.73 Å². The summed E-state index contributed by atoms with van der Waals surface area (Å²) in [6.45, 7) is 0. The molecule has 15 aromatic rings. The van der Waals surface area contributed by atoms with Gasteiger partial charge in [-0.2, -0.15) is 18.3 Å². The summed E-state index contributed by atoms with van der Waals surface area (Å²) in [6.07, 6.45) is 21.5. The number of hydrogen-bond acceptors (Lipinski definition) is 18. The highest BCUT2D eigenvalue weighted by Gasteiger charge is 2.29. The average molecular weight is 1670 g/mol. The SMILES string of the molecule is Nc1ccc(O)c(-c2ccccc2)c1.O=[N+]([O-])c1ccc(-[n+]2ccc(-c3cc[n+](-c4ccc([N+](=O)[O-])cc4[N+](=O)[O-])cc3)cc2)c([N+](=O)[O-])c1.O=[N+]([O-])c1ccc(Cl)c([N+](=O)[O-])c1.Oc1ccc(-[n+]2ccc(-c3cc[n+](-c4ccc(O)c(-c5ccccc5)c4)cc3)cc2)cc1-c1ccccc1.[Cl-].[Cl-].[Cl-].[Cl-].c1cc(-c2ccncc2)ccn1. The summed E-state index contributed by atoms with van der Waals surface area (Å²) in [5.41, 5.74) is 17.4. The second kappa shape index (κ2) is 42.0. The summed E-state index contributed by atoms with van der Waals surface area (Å²) in [5, 5.41) is 95.6. The molecule has 0 bridgehead atoms. The molecule has 6 heterocycles. The molecule has 0 fully saturated rings. The lowest BCUT2D eigenvalue weighted by Crippen LogP contribution is -3.00. The van der Waals surface area contributed by atoms with E-state index in [4.69, 9.17) is 17.3 Å². The van der Waals surface area contributed by atoms with Crippen LogP contribution in [0.3, 0.4) is 0 Å². The molecule has 0 spiro atoms. The summed E-state index contributed by atoms with van der Waals surface area (Å²) in [7, 11) is 0. The van der Waals surface area contributed by atoms with Gasteiger partial charge in [-0.3, -0.25) is 70.7 Å². The van der Waals surface area contributed by atoms with Crippen molar-refractivity contribution in [2.24, 2.45) is 0 Å². The van der Waals surface area contributed by atoms with Gasteiger partial charge in [0.05, 0.1) is 35.6 Å². The first kappa shape index (κ1) is 89.1. The van der Waals surface area contributed by atoms with Crippen LogP contribution in [0.15, 0.2) is 347 Å². The van der Waals surface area contributed by atoms with Crippen LogP contribution >= 0.6 is 11.6 Å². The Kier molecular flexibility index (Phi) is 32.0. The number of phenolic OH excluding ortho intramolecular Hbond substituents is 3. The Balaban J connectivity index is 0.000000218. The molecule has 6 aromatic heterocycles. The zero-order valence-electron chi connectivity index (χ0n) is 60.5. The van der Waals surface area contributed by atoms with Crippen LogP contribution < -0.4 is 73.6 Å². The first-order valence-electron chi connectivity index (χ1n) is 33.8. The van der Waals surface area contributed by atoms with Crippen molar-refractivity contribution in [1.82, 2.24) is 9.97 Å². The predicted molar refractivity (Wildman–Crippen MR) is 421 cm³/mol. The van der Waals surface area contributed by atoms with Gasteiger partial charge in [-0.05, 0) is 111 Å². The molecule has 0 amide bonds. The molecule has 0 saturated carbocycles. The standard InChI is InChI=1S/C34H24N2O2.C22H14N6O8.C12H11NO.C10H8N2.C6H3ClN2O4.4ClH/c37-33-13-11-29(23-31(33)27-7-3-1-4-8-27)35-19-15-25(16-20-35)26-17-21-36(22-18-26)30-12-14-34(38)32(24-30)28-9-5-2-6-10-28;29-25(30)17-1-3-19(21(13-17)27(33)34)23-9-5-15(6-10-23)16-7-11-24(12-8-16)20-4-2-18(26(31)32)14-22(20)28(35)36;13-10-6-7-12(14)11(8-10)9-4-2-1-3-5-9;1-5-11-6-2-9(1)10-3-7-12-8-4-10;7-5-2-1-4(8(10)11)3-6(5)9(12)13;;;;/h1-24H;1-14H;1-8,14H,13H2;1-8H;1-3H;4*1H/q;+2;;;;;;;/p-2. The van der Waals surface area contributed by atoms with Crippen LogP contribution in [0.1, 0.15) is 0 Å². The molecule has 9 aromatic carbocycles. The molecular formula is C84H62Cl5N13O15. The van der Waals surface area contributed by atoms with Crippen LogP contribution in [-0.4, -0.2) is 54.8 Å². The van der Waals surface area contributed by atoms with E-state index >= 15 is 0 Å². The van der Waals surface area contributed by atoms with E-state index in [1.165, 1.54) is 44.5 Å².